The summed E-state index contributed by atoms with van der Waals surface area (Å²) >= 11 is 0. The quantitative estimate of drug-likeness (QED) is 0.291. The van der Waals surface area contributed by atoms with Gasteiger partial charge in [0, 0.05) is 18.5 Å². The topological polar surface area (TPSA) is 90.3 Å². The number of ether oxygens (including phenoxy) is 1. The van der Waals surface area contributed by atoms with E-state index < -0.39 is 15.9 Å². The van der Waals surface area contributed by atoms with E-state index in [-0.39, 0.29) is 17.1 Å². The number of rotatable bonds is 11. The Morgan fingerprint density at radius 1 is 1.00 bits per heavy atom. The summed E-state index contributed by atoms with van der Waals surface area (Å²) in [6.07, 6.45) is 1.91. The molecule has 0 spiro atoms. The number of carbonyl (C=O) groups excluding carboxylic acids is 1. The van der Waals surface area contributed by atoms with E-state index in [2.05, 4.69) is 4.72 Å². The average Bonchev–Trinajstić information content (AvgIpc) is 3.24. The zero-order valence-electron chi connectivity index (χ0n) is 20.9. The molecule has 0 radical (unpaired) electrons. The number of aromatic nitrogens is 2. The summed E-state index contributed by atoms with van der Waals surface area (Å²) in [5.74, 6) is 0.545. The molecule has 7 nitrogen and oxygen atoms in total. The van der Waals surface area contributed by atoms with Gasteiger partial charge in [-0.2, -0.15) is 0 Å². The van der Waals surface area contributed by atoms with Crippen molar-refractivity contribution in [2.24, 2.45) is 0 Å². The van der Waals surface area contributed by atoms with Gasteiger partial charge in [-0.1, -0.05) is 44.5 Å². The van der Waals surface area contributed by atoms with Crippen molar-refractivity contribution in [1.82, 2.24) is 14.3 Å². The summed E-state index contributed by atoms with van der Waals surface area (Å²) < 4.78 is 47.5. The van der Waals surface area contributed by atoms with Crippen molar-refractivity contribution in [2.75, 3.05) is 5.75 Å². The number of sulfonamides is 1. The highest BCUT2D eigenvalue weighted by Crippen LogP contribution is 2.22. The van der Waals surface area contributed by atoms with Gasteiger partial charge < -0.3 is 9.30 Å². The standard InChI is InChI=1S/C28H30FN3O4S/c1-3-5-16-37(34,35)31-28(33)22-10-15-25-26(17-22)32(27(4-2)30-25)18-20-8-13-24(14-9-20)36-19-21-6-11-23(29)12-7-21/h6-15,17H,3-5,16,18-19H2,1-2H3,(H,31,33). The summed E-state index contributed by atoms with van der Waals surface area (Å²) in [5, 5.41) is 0. The van der Waals surface area contributed by atoms with Gasteiger partial charge in [-0.3, -0.25) is 4.79 Å². The van der Waals surface area contributed by atoms with Crippen LogP contribution in [-0.4, -0.2) is 29.6 Å². The van der Waals surface area contributed by atoms with Gasteiger partial charge in [0.1, 0.15) is 24.0 Å². The first-order valence-electron chi connectivity index (χ1n) is 12.3. The van der Waals surface area contributed by atoms with Crippen LogP contribution in [0.1, 0.15) is 54.0 Å². The third-order valence-corrected chi connectivity index (χ3v) is 7.33. The summed E-state index contributed by atoms with van der Waals surface area (Å²) in [5.41, 5.74) is 3.65. The van der Waals surface area contributed by atoms with Gasteiger partial charge in [-0.15, -0.1) is 0 Å². The molecule has 0 saturated heterocycles. The van der Waals surface area contributed by atoms with Crippen LogP contribution in [-0.2, 0) is 29.6 Å². The predicted octanol–water partition coefficient (Wildman–Crippen LogP) is 5.22. The summed E-state index contributed by atoms with van der Waals surface area (Å²) in [6.45, 7) is 4.77. The van der Waals surface area contributed by atoms with Gasteiger partial charge in [0.05, 0.1) is 16.8 Å². The van der Waals surface area contributed by atoms with Gasteiger partial charge >= 0.3 is 0 Å². The van der Waals surface area contributed by atoms with E-state index in [0.717, 1.165) is 34.4 Å². The van der Waals surface area contributed by atoms with Gasteiger partial charge in [-0.05, 0) is 60.0 Å². The Labute approximate surface area is 216 Å². The number of nitrogens with one attached hydrogen (secondary N) is 1. The maximum Gasteiger partial charge on any atom is 0.264 e. The molecule has 0 aliphatic heterocycles. The van der Waals surface area contributed by atoms with Crippen LogP contribution in [0.5, 0.6) is 5.75 Å². The van der Waals surface area contributed by atoms with Crippen LogP contribution in [0.3, 0.4) is 0 Å². The predicted molar refractivity (Wildman–Crippen MR) is 142 cm³/mol. The van der Waals surface area contributed by atoms with Crippen LogP contribution in [0.4, 0.5) is 4.39 Å². The molecule has 0 aliphatic rings. The third kappa shape index (κ3) is 6.74. The van der Waals surface area contributed by atoms with E-state index in [4.69, 9.17) is 9.72 Å². The number of unbranched alkanes of at least 4 members (excludes halogenated alkanes) is 1. The number of amides is 1. The molecule has 0 fully saturated rings. The van der Waals surface area contributed by atoms with Crippen molar-refractivity contribution in [3.63, 3.8) is 0 Å². The smallest absolute Gasteiger partial charge is 0.264 e. The number of imidazole rings is 1. The molecule has 0 bridgehead atoms. The summed E-state index contributed by atoms with van der Waals surface area (Å²) in [6, 6.07) is 18.9. The van der Waals surface area contributed by atoms with Crippen molar-refractivity contribution < 1.29 is 22.3 Å². The molecule has 0 aliphatic carbocycles. The highest BCUT2D eigenvalue weighted by Gasteiger charge is 2.18. The largest absolute Gasteiger partial charge is 0.489 e. The number of carbonyl (C=O) groups is 1. The molecule has 0 saturated carbocycles. The Hall–Kier alpha value is -3.72. The SMILES string of the molecule is CCCCS(=O)(=O)NC(=O)c1ccc2nc(CC)n(Cc3ccc(OCc4ccc(F)cc4)cc3)c2c1. The van der Waals surface area contributed by atoms with Crippen molar-refractivity contribution >= 4 is 27.0 Å². The van der Waals surface area contributed by atoms with Gasteiger partial charge in [0.2, 0.25) is 10.0 Å². The fourth-order valence-corrected chi connectivity index (χ4v) is 5.14. The van der Waals surface area contributed by atoms with Gasteiger partial charge in [0.25, 0.3) is 5.91 Å². The number of nitrogens with zero attached hydrogens (tertiary/aromatic N) is 2. The van der Waals surface area contributed by atoms with E-state index >= 15 is 0 Å². The Morgan fingerprint density at radius 3 is 2.38 bits per heavy atom. The van der Waals surface area contributed by atoms with Crippen molar-refractivity contribution in [3.05, 3.63) is 95.1 Å². The molecule has 4 rings (SSSR count). The lowest BCUT2D eigenvalue weighted by Crippen LogP contribution is -2.32. The molecule has 37 heavy (non-hydrogen) atoms. The van der Waals surface area contributed by atoms with Crippen LogP contribution < -0.4 is 9.46 Å². The maximum atomic E-state index is 13.1. The van der Waals surface area contributed by atoms with Crippen molar-refractivity contribution in [1.29, 1.82) is 0 Å². The molecule has 4 aromatic rings. The summed E-state index contributed by atoms with van der Waals surface area (Å²) in [7, 11) is -3.68. The Morgan fingerprint density at radius 2 is 1.70 bits per heavy atom. The van der Waals surface area contributed by atoms with Gasteiger partial charge in [0.15, 0.2) is 0 Å². The molecule has 1 heterocycles. The lowest BCUT2D eigenvalue weighted by Gasteiger charge is -2.11. The third-order valence-electron chi connectivity index (χ3n) is 6.00. The van der Waals surface area contributed by atoms with Crippen LogP contribution in [0.15, 0.2) is 66.7 Å². The number of hydrogen-bond acceptors (Lipinski definition) is 5. The molecule has 0 unspecified atom stereocenters. The molecule has 9 heteroatoms. The molecule has 1 amide bonds. The molecule has 0 atom stereocenters. The first-order valence-corrected chi connectivity index (χ1v) is 13.9. The minimum absolute atomic E-state index is 0.0843. The Balaban J connectivity index is 1.51. The highest BCUT2D eigenvalue weighted by molar-refractivity contribution is 7.90. The van der Waals surface area contributed by atoms with Crippen molar-refractivity contribution in [2.45, 2.75) is 46.3 Å². The average molecular weight is 524 g/mol. The van der Waals surface area contributed by atoms with Crippen molar-refractivity contribution in [3.8, 4) is 5.75 Å². The first kappa shape index (κ1) is 26.3. The monoisotopic (exact) mass is 523 g/mol. The molecular formula is C28H30FN3O4S. The zero-order chi connectivity index (χ0) is 26.4. The normalized spacial score (nSPS) is 11.5. The van der Waals surface area contributed by atoms with Crippen LogP contribution in [0.2, 0.25) is 0 Å². The number of benzene rings is 3. The fourth-order valence-electron chi connectivity index (χ4n) is 3.97. The second kappa shape index (κ2) is 11.6. The van der Waals surface area contributed by atoms with Crippen LogP contribution in [0, 0.1) is 5.82 Å². The number of aryl methyl sites for hydroxylation is 1. The van der Waals surface area contributed by atoms with Gasteiger partial charge in [-0.25, -0.2) is 22.5 Å². The summed E-state index contributed by atoms with van der Waals surface area (Å²) in [4.78, 5) is 17.4. The molecule has 194 valence electrons. The minimum Gasteiger partial charge on any atom is -0.489 e. The second-order valence-corrected chi connectivity index (χ2v) is 10.7. The lowest BCUT2D eigenvalue weighted by molar-refractivity contribution is 0.0981. The van der Waals surface area contributed by atoms with Crippen LogP contribution in [0.25, 0.3) is 11.0 Å². The zero-order valence-corrected chi connectivity index (χ0v) is 21.7. The Bertz CT molecular complexity index is 1480. The van der Waals surface area contributed by atoms with E-state index in [1.807, 2.05) is 42.7 Å². The fraction of sp³-hybridized carbons (Fsp3) is 0.286. The van der Waals surface area contributed by atoms with Crippen LogP contribution >= 0.6 is 0 Å². The van der Waals surface area contributed by atoms with E-state index in [9.17, 15) is 17.6 Å². The van der Waals surface area contributed by atoms with E-state index in [1.54, 1.807) is 30.3 Å². The maximum absolute atomic E-state index is 13.1. The second-order valence-electron chi connectivity index (χ2n) is 8.83. The van der Waals surface area contributed by atoms with E-state index in [1.165, 1.54) is 12.1 Å². The highest BCUT2D eigenvalue weighted by atomic mass is 32.2. The molecule has 1 aromatic heterocycles. The Kier molecular flexibility index (Phi) is 8.23. The van der Waals surface area contributed by atoms with E-state index in [0.29, 0.717) is 31.7 Å². The molecular weight excluding hydrogens is 493 g/mol. The number of halogens is 1. The lowest BCUT2D eigenvalue weighted by atomic mass is 10.1. The first-order chi connectivity index (χ1) is 17.8. The molecule has 3 aromatic carbocycles. The minimum atomic E-state index is -3.68. The number of fused-ring (bicyclic) bond motifs is 1. The number of hydrogen-bond donors (Lipinski definition) is 1. The molecule has 1 N–H and O–H groups in total.